The predicted molar refractivity (Wildman–Crippen MR) is 108 cm³/mol. The Hall–Kier alpha value is -2.25. The minimum atomic E-state index is -3.30. The van der Waals surface area contributed by atoms with Crippen molar-refractivity contribution in [3.8, 4) is 21.8 Å². The molecule has 0 unspecified atom stereocenters. The van der Waals surface area contributed by atoms with E-state index in [1.165, 1.54) is 0 Å². The van der Waals surface area contributed by atoms with Crippen LogP contribution in [0.15, 0.2) is 48.0 Å². The van der Waals surface area contributed by atoms with Crippen LogP contribution in [0.1, 0.15) is 19.5 Å². The van der Waals surface area contributed by atoms with Gasteiger partial charge in [0.15, 0.2) is 0 Å². The minimum Gasteiger partial charge on any atom is -0.284 e. The Kier molecular flexibility index (Phi) is 5.38. The second-order valence-electron chi connectivity index (χ2n) is 6.63. The number of hydrogen-bond donors (Lipinski definition) is 1. The molecule has 3 aromatic rings. The summed E-state index contributed by atoms with van der Waals surface area (Å²) in [7, 11) is -3.30. The Morgan fingerprint density at radius 1 is 1.15 bits per heavy atom. The molecule has 0 aliphatic heterocycles. The number of hydrogen-bond acceptors (Lipinski definition) is 5. The van der Waals surface area contributed by atoms with Crippen LogP contribution >= 0.6 is 11.3 Å². The van der Waals surface area contributed by atoms with Crippen molar-refractivity contribution in [1.82, 2.24) is 9.97 Å². The van der Waals surface area contributed by atoms with Gasteiger partial charge in [0.1, 0.15) is 5.01 Å². The van der Waals surface area contributed by atoms with Gasteiger partial charge in [0.2, 0.25) is 10.0 Å². The van der Waals surface area contributed by atoms with Gasteiger partial charge in [-0.2, -0.15) is 0 Å². The lowest BCUT2D eigenvalue weighted by atomic mass is 10.1. The van der Waals surface area contributed by atoms with E-state index in [-0.39, 0.29) is 0 Å². The van der Waals surface area contributed by atoms with E-state index in [0.717, 1.165) is 40.2 Å². The second-order valence-corrected chi connectivity index (χ2v) is 9.23. The highest BCUT2D eigenvalue weighted by atomic mass is 32.2. The van der Waals surface area contributed by atoms with E-state index in [2.05, 4.69) is 29.6 Å². The smallest absolute Gasteiger partial charge is 0.229 e. The number of sulfonamides is 1. The summed E-state index contributed by atoms with van der Waals surface area (Å²) in [6.07, 6.45) is 3.90. The fourth-order valence-electron chi connectivity index (χ4n) is 2.64. The van der Waals surface area contributed by atoms with E-state index in [1.54, 1.807) is 23.5 Å². The van der Waals surface area contributed by atoms with Crippen LogP contribution in [0.25, 0.3) is 21.8 Å². The van der Waals surface area contributed by atoms with Crippen LogP contribution in [0, 0.1) is 5.92 Å². The van der Waals surface area contributed by atoms with Crippen LogP contribution in [0.5, 0.6) is 0 Å². The summed E-state index contributed by atoms with van der Waals surface area (Å²) in [5, 5.41) is 2.91. The average molecular weight is 388 g/mol. The SMILES string of the molecule is CC(C)Cc1cc(-c2nc(-c3cccc(NS(C)(=O)=O)c3)cs2)ccn1. The Morgan fingerprint density at radius 2 is 1.96 bits per heavy atom. The molecule has 0 amide bonds. The van der Waals surface area contributed by atoms with Gasteiger partial charge < -0.3 is 0 Å². The summed E-state index contributed by atoms with van der Waals surface area (Å²) in [4.78, 5) is 9.15. The van der Waals surface area contributed by atoms with Gasteiger partial charge in [-0.05, 0) is 36.6 Å². The standard InChI is InChI=1S/C19H21N3O2S2/c1-13(2)9-17-11-15(7-8-20-17)19-21-18(12-25-19)14-5-4-6-16(10-14)22-26(3,23)24/h4-8,10-13,22H,9H2,1-3H3. The van der Waals surface area contributed by atoms with Gasteiger partial charge in [-0.15, -0.1) is 11.3 Å². The molecule has 0 spiro atoms. The molecule has 7 heteroatoms. The van der Waals surface area contributed by atoms with Gasteiger partial charge in [0.25, 0.3) is 0 Å². The van der Waals surface area contributed by atoms with Gasteiger partial charge in [-0.1, -0.05) is 26.0 Å². The van der Waals surface area contributed by atoms with Crippen molar-refractivity contribution in [1.29, 1.82) is 0 Å². The predicted octanol–water partition coefficient (Wildman–Crippen LogP) is 4.44. The molecular weight excluding hydrogens is 366 g/mol. The Bertz CT molecular complexity index is 1010. The van der Waals surface area contributed by atoms with Crippen LogP contribution in [-0.4, -0.2) is 24.6 Å². The molecular formula is C19H21N3O2S2. The summed E-state index contributed by atoms with van der Waals surface area (Å²) in [6.45, 7) is 4.35. The summed E-state index contributed by atoms with van der Waals surface area (Å²) < 4.78 is 25.3. The fourth-order valence-corrected chi connectivity index (χ4v) is 4.02. The molecule has 0 radical (unpaired) electrons. The summed E-state index contributed by atoms with van der Waals surface area (Å²) >= 11 is 1.57. The number of rotatable bonds is 6. The number of thiazole rings is 1. The van der Waals surface area contributed by atoms with Crippen LogP contribution in [0.4, 0.5) is 5.69 Å². The molecule has 0 fully saturated rings. The molecule has 5 nitrogen and oxygen atoms in total. The third-order valence-corrected chi connectivity index (χ3v) is 5.14. The number of nitrogens with zero attached hydrogens (tertiary/aromatic N) is 2. The first-order chi connectivity index (χ1) is 12.3. The normalized spacial score (nSPS) is 11.7. The van der Waals surface area contributed by atoms with E-state index in [4.69, 9.17) is 4.98 Å². The third kappa shape index (κ3) is 4.89. The quantitative estimate of drug-likeness (QED) is 0.679. The van der Waals surface area contributed by atoms with Crippen LogP contribution in [0.3, 0.4) is 0 Å². The molecule has 0 saturated heterocycles. The second kappa shape index (κ2) is 7.55. The van der Waals surface area contributed by atoms with Gasteiger partial charge in [0.05, 0.1) is 11.9 Å². The van der Waals surface area contributed by atoms with Crippen molar-refractivity contribution < 1.29 is 8.42 Å². The number of nitrogens with one attached hydrogen (secondary N) is 1. The van der Waals surface area contributed by atoms with Crippen molar-refractivity contribution >= 4 is 27.0 Å². The first-order valence-corrected chi connectivity index (χ1v) is 11.1. The molecule has 0 aliphatic rings. The van der Waals surface area contributed by atoms with Gasteiger partial charge in [-0.3, -0.25) is 9.71 Å². The first-order valence-electron chi connectivity index (χ1n) is 8.29. The van der Waals surface area contributed by atoms with E-state index >= 15 is 0 Å². The molecule has 0 saturated carbocycles. The summed E-state index contributed by atoms with van der Waals surface area (Å²) in [6, 6.07) is 11.3. The maximum absolute atomic E-state index is 11.4. The Balaban J connectivity index is 1.88. The van der Waals surface area contributed by atoms with Crippen molar-refractivity contribution in [2.24, 2.45) is 5.92 Å². The molecule has 0 aliphatic carbocycles. The summed E-state index contributed by atoms with van der Waals surface area (Å²) in [5.74, 6) is 0.551. The molecule has 1 N–H and O–H groups in total. The zero-order valence-corrected chi connectivity index (χ0v) is 16.6. The van der Waals surface area contributed by atoms with E-state index in [9.17, 15) is 8.42 Å². The van der Waals surface area contributed by atoms with Gasteiger partial charge in [-0.25, -0.2) is 13.4 Å². The fraction of sp³-hybridized carbons (Fsp3) is 0.263. The van der Waals surface area contributed by atoms with E-state index < -0.39 is 10.0 Å². The van der Waals surface area contributed by atoms with Crippen molar-refractivity contribution in [2.75, 3.05) is 11.0 Å². The van der Waals surface area contributed by atoms with Crippen molar-refractivity contribution in [2.45, 2.75) is 20.3 Å². The lowest BCUT2D eigenvalue weighted by molar-refractivity contribution is 0.607. The zero-order valence-electron chi connectivity index (χ0n) is 14.9. The third-order valence-electron chi connectivity index (χ3n) is 3.65. The minimum absolute atomic E-state index is 0.530. The molecule has 2 heterocycles. The number of pyridine rings is 1. The molecule has 26 heavy (non-hydrogen) atoms. The van der Waals surface area contributed by atoms with Crippen LogP contribution < -0.4 is 4.72 Å². The number of benzene rings is 1. The Labute approximate surface area is 158 Å². The van der Waals surface area contributed by atoms with Crippen LogP contribution in [-0.2, 0) is 16.4 Å². The Morgan fingerprint density at radius 3 is 2.69 bits per heavy atom. The zero-order chi connectivity index (χ0) is 18.7. The lowest BCUT2D eigenvalue weighted by Gasteiger charge is -2.06. The molecule has 2 aromatic heterocycles. The maximum Gasteiger partial charge on any atom is 0.229 e. The van der Waals surface area contributed by atoms with Gasteiger partial charge in [0, 0.05) is 34.1 Å². The average Bonchev–Trinajstić information content (AvgIpc) is 3.03. The number of aromatic nitrogens is 2. The van der Waals surface area contributed by atoms with E-state index in [0.29, 0.717) is 11.6 Å². The molecule has 136 valence electrons. The molecule has 0 atom stereocenters. The first kappa shape index (κ1) is 18.5. The topological polar surface area (TPSA) is 72.0 Å². The maximum atomic E-state index is 11.4. The number of anilines is 1. The van der Waals surface area contributed by atoms with Crippen molar-refractivity contribution in [3.63, 3.8) is 0 Å². The molecule has 3 rings (SSSR count). The highest BCUT2D eigenvalue weighted by Gasteiger charge is 2.10. The summed E-state index contributed by atoms with van der Waals surface area (Å²) in [5.41, 5.74) is 4.34. The van der Waals surface area contributed by atoms with E-state index in [1.807, 2.05) is 29.8 Å². The highest BCUT2D eigenvalue weighted by Crippen LogP contribution is 2.30. The highest BCUT2D eigenvalue weighted by molar-refractivity contribution is 7.92. The lowest BCUT2D eigenvalue weighted by Crippen LogP contribution is -2.09. The van der Waals surface area contributed by atoms with Crippen molar-refractivity contribution in [3.05, 3.63) is 53.7 Å². The van der Waals surface area contributed by atoms with Gasteiger partial charge >= 0.3 is 0 Å². The molecule has 0 bridgehead atoms. The monoisotopic (exact) mass is 387 g/mol. The largest absolute Gasteiger partial charge is 0.284 e. The molecule has 1 aromatic carbocycles. The van der Waals surface area contributed by atoms with Crippen LogP contribution in [0.2, 0.25) is 0 Å².